The largest absolute Gasteiger partial charge is 0.493 e. The van der Waals surface area contributed by atoms with E-state index in [2.05, 4.69) is 9.97 Å². The first-order valence-electron chi connectivity index (χ1n) is 6.00. The zero-order valence-electron chi connectivity index (χ0n) is 11.0. The maximum Gasteiger partial charge on any atom is 0.258 e. The molecule has 1 aromatic heterocycles. The number of aromatic amines is 1. The van der Waals surface area contributed by atoms with Gasteiger partial charge in [-0.15, -0.1) is 0 Å². The molecule has 0 aliphatic heterocycles. The van der Waals surface area contributed by atoms with Crippen LogP contribution in [-0.2, 0) is 0 Å². The first-order chi connectivity index (χ1) is 8.90. The van der Waals surface area contributed by atoms with Crippen molar-refractivity contribution in [2.75, 3.05) is 0 Å². The van der Waals surface area contributed by atoms with E-state index in [1.54, 1.807) is 26.8 Å². The van der Waals surface area contributed by atoms with Crippen LogP contribution < -0.4 is 5.56 Å². The van der Waals surface area contributed by atoms with Crippen molar-refractivity contribution in [3.63, 3.8) is 0 Å². The summed E-state index contributed by atoms with van der Waals surface area (Å²) in [6, 6.07) is 4.21. The van der Waals surface area contributed by atoms with Crippen LogP contribution in [-0.4, -0.2) is 15.1 Å². The topological polar surface area (TPSA) is 66.0 Å². The fraction of sp³-hybridized carbons (Fsp3) is 0.286. The van der Waals surface area contributed by atoms with Crippen molar-refractivity contribution in [1.29, 1.82) is 0 Å². The number of nitrogens with zero attached hydrogens (tertiary/aromatic N) is 1. The molecular weight excluding hydrogens is 247 g/mol. The molecular formula is C14H15FN2O2. The highest BCUT2D eigenvalue weighted by Crippen LogP contribution is 2.24. The van der Waals surface area contributed by atoms with Crippen molar-refractivity contribution < 1.29 is 9.50 Å². The molecule has 2 aromatic rings. The summed E-state index contributed by atoms with van der Waals surface area (Å²) in [6.45, 7) is 5.36. The van der Waals surface area contributed by atoms with E-state index in [-0.39, 0.29) is 23.2 Å². The second-order valence-electron chi connectivity index (χ2n) is 4.77. The Hall–Kier alpha value is -2.17. The van der Waals surface area contributed by atoms with E-state index < -0.39 is 11.4 Å². The average molecular weight is 262 g/mol. The summed E-state index contributed by atoms with van der Waals surface area (Å²) >= 11 is 0. The lowest BCUT2D eigenvalue weighted by Gasteiger charge is -2.10. The van der Waals surface area contributed by atoms with Gasteiger partial charge >= 0.3 is 0 Å². The van der Waals surface area contributed by atoms with Gasteiger partial charge in [-0.2, -0.15) is 4.98 Å². The fourth-order valence-corrected chi connectivity index (χ4v) is 1.97. The summed E-state index contributed by atoms with van der Waals surface area (Å²) in [7, 11) is 0. The second kappa shape index (κ2) is 4.84. The number of aromatic hydroxyl groups is 1. The van der Waals surface area contributed by atoms with Gasteiger partial charge in [0.25, 0.3) is 5.56 Å². The van der Waals surface area contributed by atoms with E-state index in [0.717, 1.165) is 5.56 Å². The molecule has 4 nitrogen and oxygen atoms in total. The average Bonchev–Trinajstić information content (AvgIpc) is 2.30. The van der Waals surface area contributed by atoms with E-state index in [4.69, 9.17) is 0 Å². The molecule has 19 heavy (non-hydrogen) atoms. The lowest BCUT2D eigenvalue weighted by molar-refractivity contribution is 0.440. The Bertz CT molecular complexity index is 678. The molecule has 2 rings (SSSR count). The van der Waals surface area contributed by atoms with Crippen molar-refractivity contribution >= 4 is 0 Å². The van der Waals surface area contributed by atoms with Crippen molar-refractivity contribution in [2.24, 2.45) is 0 Å². The van der Waals surface area contributed by atoms with E-state index in [1.807, 2.05) is 0 Å². The second-order valence-corrected chi connectivity index (χ2v) is 4.77. The number of hydrogen-bond acceptors (Lipinski definition) is 3. The third-order valence-corrected chi connectivity index (χ3v) is 2.97. The normalized spacial score (nSPS) is 11.0. The highest BCUT2D eigenvalue weighted by molar-refractivity contribution is 5.60. The Morgan fingerprint density at radius 2 is 2.05 bits per heavy atom. The SMILES string of the molecule is Cc1ccc(F)cc1-c1nc(O)c(C(C)C)c(=O)[nH]1. The number of benzene rings is 1. The molecule has 0 unspecified atom stereocenters. The molecule has 1 heterocycles. The number of rotatable bonds is 2. The summed E-state index contributed by atoms with van der Waals surface area (Å²) in [6.07, 6.45) is 0. The Morgan fingerprint density at radius 1 is 1.37 bits per heavy atom. The minimum Gasteiger partial charge on any atom is -0.493 e. The van der Waals surface area contributed by atoms with Crippen molar-refractivity contribution in [1.82, 2.24) is 9.97 Å². The maximum absolute atomic E-state index is 13.3. The van der Waals surface area contributed by atoms with Crippen LogP contribution in [0.2, 0.25) is 0 Å². The van der Waals surface area contributed by atoms with Crippen LogP contribution in [0.5, 0.6) is 5.88 Å². The zero-order chi connectivity index (χ0) is 14.2. The summed E-state index contributed by atoms with van der Waals surface area (Å²) in [5.74, 6) is -0.698. The van der Waals surface area contributed by atoms with Crippen LogP contribution in [0, 0.1) is 12.7 Å². The number of H-pyrrole nitrogens is 1. The first kappa shape index (κ1) is 13.3. The van der Waals surface area contributed by atoms with E-state index in [9.17, 15) is 14.3 Å². The summed E-state index contributed by atoms with van der Waals surface area (Å²) in [5, 5.41) is 9.84. The molecule has 0 aliphatic rings. The molecule has 5 heteroatoms. The third kappa shape index (κ3) is 2.50. The molecule has 0 bridgehead atoms. The standard InChI is InChI=1S/C14H15FN2O2/c1-7(2)11-13(18)16-12(17-14(11)19)10-6-9(15)5-4-8(10)3/h4-7H,1-3H3,(H2,16,17,18,19). The lowest BCUT2D eigenvalue weighted by Crippen LogP contribution is -2.16. The van der Waals surface area contributed by atoms with Gasteiger partial charge in [-0.25, -0.2) is 4.39 Å². The van der Waals surface area contributed by atoms with Gasteiger partial charge in [-0.05, 0) is 30.5 Å². The Balaban J connectivity index is 2.65. The number of aromatic nitrogens is 2. The maximum atomic E-state index is 13.3. The van der Waals surface area contributed by atoms with E-state index in [1.165, 1.54) is 12.1 Å². The number of nitrogens with one attached hydrogen (secondary N) is 1. The molecule has 0 fully saturated rings. The summed E-state index contributed by atoms with van der Waals surface area (Å²) in [4.78, 5) is 18.5. The molecule has 0 radical (unpaired) electrons. The van der Waals surface area contributed by atoms with Crippen LogP contribution in [0.1, 0.15) is 30.9 Å². The molecule has 0 spiro atoms. The number of halogens is 1. The predicted octanol–water partition coefficient (Wildman–Crippen LogP) is 2.71. The number of aryl methyl sites for hydroxylation is 1. The molecule has 1 aromatic carbocycles. The van der Waals surface area contributed by atoms with Crippen molar-refractivity contribution in [3.8, 4) is 17.3 Å². The monoisotopic (exact) mass is 262 g/mol. The molecule has 0 amide bonds. The molecule has 0 atom stereocenters. The van der Waals surface area contributed by atoms with Crippen LogP contribution in [0.15, 0.2) is 23.0 Å². The quantitative estimate of drug-likeness (QED) is 0.874. The minimum absolute atomic E-state index is 0.140. The first-order valence-corrected chi connectivity index (χ1v) is 6.00. The third-order valence-electron chi connectivity index (χ3n) is 2.97. The molecule has 0 saturated carbocycles. The van der Waals surface area contributed by atoms with Crippen molar-refractivity contribution in [2.45, 2.75) is 26.7 Å². The lowest BCUT2D eigenvalue weighted by atomic mass is 10.1. The van der Waals surface area contributed by atoms with Crippen LogP contribution in [0.3, 0.4) is 0 Å². The molecule has 0 saturated heterocycles. The Kier molecular flexibility index (Phi) is 3.38. The predicted molar refractivity (Wildman–Crippen MR) is 70.7 cm³/mol. The van der Waals surface area contributed by atoms with Crippen LogP contribution in [0.4, 0.5) is 4.39 Å². The van der Waals surface area contributed by atoms with Gasteiger partial charge in [-0.3, -0.25) is 4.79 Å². The zero-order valence-corrected chi connectivity index (χ0v) is 11.0. The molecule has 0 aliphatic carbocycles. The van der Waals surface area contributed by atoms with Gasteiger partial charge in [0, 0.05) is 5.56 Å². The van der Waals surface area contributed by atoms with E-state index >= 15 is 0 Å². The summed E-state index contributed by atoms with van der Waals surface area (Å²) in [5.41, 5.74) is 1.06. The fourth-order valence-electron chi connectivity index (χ4n) is 1.97. The van der Waals surface area contributed by atoms with Gasteiger partial charge in [-0.1, -0.05) is 19.9 Å². The highest BCUT2D eigenvalue weighted by atomic mass is 19.1. The van der Waals surface area contributed by atoms with Gasteiger partial charge in [0.1, 0.15) is 11.6 Å². The van der Waals surface area contributed by atoms with Crippen LogP contribution in [0.25, 0.3) is 11.4 Å². The molecule has 100 valence electrons. The van der Waals surface area contributed by atoms with Gasteiger partial charge in [0.2, 0.25) is 5.88 Å². The van der Waals surface area contributed by atoms with Crippen LogP contribution >= 0.6 is 0 Å². The Morgan fingerprint density at radius 3 is 2.63 bits per heavy atom. The highest BCUT2D eigenvalue weighted by Gasteiger charge is 2.15. The van der Waals surface area contributed by atoms with Crippen molar-refractivity contribution in [3.05, 3.63) is 45.5 Å². The van der Waals surface area contributed by atoms with Gasteiger partial charge < -0.3 is 10.1 Å². The minimum atomic E-state index is -0.421. The number of hydrogen-bond donors (Lipinski definition) is 2. The van der Waals surface area contributed by atoms with Gasteiger partial charge in [0.15, 0.2) is 0 Å². The summed E-state index contributed by atoms with van der Waals surface area (Å²) < 4.78 is 13.3. The molecule has 2 N–H and O–H groups in total. The Labute approximate surface area is 110 Å². The van der Waals surface area contributed by atoms with Gasteiger partial charge in [0.05, 0.1) is 5.56 Å². The smallest absolute Gasteiger partial charge is 0.258 e. The van der Waals surface area contributed by atoms with E-state index in [0.29, 0.717) is 5.56 Å².